The van der Waals surface area contributed by atoms with Gasteiger partial charge in [0.05, 0.1) is 0 Å². The van der Waals surface area contributed by atoms with Crippen LogP contribution in [-0.4, -0.2) is 4.98 Å². The van der Waals surface area contributed by atoms with E-state index in [0.717, 1.165) is 16.6 Å². The van der Waals surface area contributed by atoms with Crippen molar-refractivity contribution in [3.05, 3.63) is 34.1 Å². The van der Waals surface area contributed by atoms with Gasteiger partial charge < -0.3 is 0 Å². The van der Waals surface area contributed by atoms with E-state index >= 15 is 0 Å². The zero-order chi connectivity index (χ0) is 9.68. The highest BCUT2D eigenvalue weighted by molar-refractivity contribution is 9.10. The van der Waals surface area contributed by atoms with E-state index in [9.17, 15) is 0 Å². The van der Waals surface area contributed by atoms with Gasteiger partial charge in [-0.25, -0.2) is 0 Å². The normalized spacial score (nSPS) is 11.0. The number of aryl methyl sites for hydroxylation is 1. The Hall–Kier alpha value is -0.630. The van der Waals surface area contributed by atoms with E-state index in [-0.39, 0.29) is 0 Å². The van der Waals surface area contributed by atoms with Crippen molar-refractivity contribution in [3.8, 4) is 0 Å². The number of hydrogen-bond donors (Lipinski definition) is 0. The maximum atomic E-state index is 4.26. The molecular weight excluding hydrogens is 226 g/mol. The van der Waals surface area contributed by atoms with Gasteiger partial charge in [-0.2, -0.15) is 0 Å². The van der Waals surface area contributed by atoms with Crippen LogP contribution in [0.15, 0.2) is 22.8 Å². The van der Waals surface area contributed by atoms with Crippen molar-refractivity contribution in [1.82, 2.24) is 4.98 Å². The Morgan fingerprint density at radius 2 is 2.31 bits per heavy atom. The first-order valence-corrected chi connectivity index (χ1v) is 5.32. The predicted octanol–water partition coefficient (Wildman–Crippen LogP) is 3.97. The van der Waals surface area contributed by atoms with Crippen molar-refractivity contribution in [2.75, 3.05) is 0 Å². The molecule has 1 heterocycles. The van der Waals surface area contributed by atoms with E-state index in [1.807, 2.05) is 13.1 Å². The van der Waals surface area contributed by atoms with Crippen LogP contribution in [0.4, 0.5) is 0 Å². The number of rotatable bonds is 3. The summed E-state index contributed by atoms with van der Waals surface area (Å²) in [4.78, 5) is 4.26. The first kappa shape index (κ1) is 10.5. The smallest absolute Gasteiger partial charge is 0.0445 e. The molecule has 0 spiro atoms. The molecule has 0 saturated heterocycles. The van der Waals surface area contributed by atoms with E-state index in [4.69, 9.17) is 0 Å². The summed E-state index contributed by atoms with van der Waals surface area (Å²) < 4.78 is 1.04. The minimum Gasteiger partial charge on any atom is -0.260 e. The Labute approximate surface area is 88.0 Å². The van der Waals surface area contributed by atoms with Crippen LogP contribution in [0.25, 0.3) is 6.08 Å². The first-order valence-electron chi connectivity index (χ1n) is 4.52. The maximum absolute atomic E-state index is 4.26. The summed E-state index contributed by atoms with van der Waals surface area (Å²) in [5.74, 6) is 0. The van der Waals surface area contributed by atoms with Crippen LogP contribution < -0.4 is 0 Å². The Bertz CT molecular complexity index is 305. The highest BCUT2D eigenvalue weighted by Gasteiger charge is 1.95. The second kappa shape index (κ2) is 5.18. The molecule has 0 aromatic carbocycles. The fourth-order valence-electron chi connectivity index (χ4n) is 1.07. The van der Waals surface area contributed by atoms with Gasteiger partial charge in [-0.3, -0.25) is 4.98 Å². The highest BCUT2D eigenvalue weighted by atomic mass is 79.9. The summed E-state index contributed by atoms with van der Waals surface area (Å²) in [6.07, 6.45) is 8.47. The molecule has 0 fully saturated rings. The molecule has 1 nitrogen and oxygen atoms in total. The lowest BCUT2D eigenvalue weighted by atomic mass is 10.2. The fraction of sp³-hybridized carbons (Fsp3) is 0.364. The van der Waals surface area contributed by atoms with Gasteiger partial charge >= 0.3 is 0 Å². The molecule has 0 aliphatic rings. The standard InChI is InChI=1S/C11H14BrN/c1-3-4-5-6-10-7-11(12)8-13-9(10)2/h5-8H,3-4H2,1-2H3/b6-5-. The summed E-state index contributed by atoms with van der Waals surface area (Å²) in [6, 6.07) is 2.09. The molecule has 0 atom stereocenters. The summed E-state index contributed by atoms with van der Waals surface area (Å²) in [5.41, 5.74) is 2.28. The highest BCUT2D eigenvalue weighted by Crippen LogP contribution is 2.14. The molecule has 13 heavy (non-hydrogen) atoms. The topological polar surface area (TPSA) is 12.9 Å². The van der Waals surface area contributed by atoms with E-state index < -0.39 is 0 Å². The quantitative estimate of drug-likeness (QED) is 0.779. The predicted molar refractivity (Wildman–Crippen MR) is 60.6 cm³/mol. The average Bonchev–Trinajstić information content (AvgIpc) is 2.11. The Balaban J connectivity index is 2.81. The van der Waals surface area contributed by atoms with Gasteiger partial charge in [-0.05, 0) is 40.9 Å². The molecule has 1 rings (SSSR count). The molecule has 2 heteroatoms. The second-order valence-corrected chi connectivity index (χ2v) is 3.93. The Morgan fingerprint density at radius 3 is 3.00 bits per heavy atom. The van der Waals surface area contributed by atoms with Crippen LogP contribution in [0.5, 0.6) is 0 Å². The number of pyridine rings is 1. The molecule has 0 amide bonds. The summed E-state index contributed by atoms with van der Waals surface area (Å²) >= 11 is 3.41. The van der Waals surface area contributed by atoms with Crippen LogP contribution in [0.3, 0.4) is 0 Å². The first-order chi connectivity index (χ1) is 6.24. The van der Waals surface area contributed by atoms with Gasteiger partial charge in [0.1, 0.15) is 0 Å². The van der Waals surface area contributed by atoms with Gasteiger partial charge in [0.15, 0.2) is 0 Å². The number of halogens is 1. The largest absolute Gasteiger partial charge is 0.260 e. The second-order valence-electron chi connectivity index (χ2n) is 3.02. The van der Waals surface area contributed by atoms with Crippen LogP contribution >= 0.6 is 15.9 Å². The van der Waals surface area contributed by atoms with Gasteiger partial charge in [0.2, 0.25) is 0 Å². The monoisotopic (exact) mass is 239 g/mol. The van der Waals surface area contributed by atoms with Gasteiger partial charge in [-0.1, -0.05) is 25.5 Å². The maximum Gasteiger partial charge on any atom is 0.0445 e. The van der Waals surface area contributed by atoms with Gasteiger partial charge in [0, 0.05) is 16.4 Å². The molecule has 70 valence electrons. The lowest BCUT2D eigenvalue weighted by Gasteiger charge is -1.99. The van der Waals surface area contributed by atoms with Gasteiger partial charge in [0.25, 0.3) is 0 Å². The lowest BCUT2D eigenvalue weighted by molar-refractivity contribution is 0.962. The molecule has 0 radical (unpaired) electrons. The minimum absolute atomic E-state index is 1.04. The molecule has 0 aliphatic heterocycles. The molecule has 0 bridgehead atoms. The van der Waals surface area contributed by atoms with E-state index in [1.165, 1.54) is 12.0 Å². The molecule has 1 aromatic rings. The summed E-state index contributed by atoms with van der Waals surface area (Å²) in [6.45, 7) is 4.20. The van der Waals surface area contributed by atoms with E-state index in [0.29, 0.717) is 0 Å². The molecule has 0 aliphatic carbocycles. The number of hydrogen-bond acceptors (Lipinski definition) is 1. The molecular formula is C11H14BrN. The zero-order valence-corrected chi connectivity index (χ0v) is 9.63. The third kappa shape index (κ3) is 3.31. The molecule has 1 aromatic heterocycles. The number of aromatic nitrogens is 1. The number of nitrogens with zero attached hydrogens (tertiary/aromatic N) is 1. The van der Waals surface area contributed by atoms with Crippen LogP contribution in [-0.2, 0) is 0 Å². The van der Waals surface area contributed by atoms with E-state index in [2.05, 4.69) is 46.1 Å². The third-order valence-electron chi connectivity index (χ3n) is 1.85. The third-order valence-corrected chi connectivity index (χ3v) is 2.28. The average molecular weight is 240 g/mol. The van der Waals surface area contributed by atoms with Crippen molar-refractivity contribution < 1.29 is 0 Å². The van der Waals surface area contributed by atoms with Crippen molar-refractivity contribution >= 4 is 22.0 Å². The van der Waals surface area contributed by atoms with Crippen LogP contribution in [0.2, 0.25) is 0 Å². The molecule has 0 N–H and O–H groups in total. The Morgan fingerprint density at radius 1 is 1.54 bits per heavy atom. The lowest BCUT2D eigenvalue weighted by Crippen LogP contribution is -1.85. The summed E-state index contributed by atoms with van der Waals surface area (Å²) in [5, 5.41) is 0. The molecule has 0 unspecified atom stereocenters. The fourth-order valence-corrected chi connectivity index (χ4v) is 1.42. The minimum atomic E-state index is 1.04. The molecule has 0 saturated carbocycles. The SMILES string of the molecule is CCC/C=C\c1cc(Br)cnc1C. The number of allylic oxidation sites excluding steroid dienone is 1. The van der Waals surface area contributed by atoms with Crippen LogP contribution in [0.1, 0.15) is 31.0 Å². The summed E-state index contributed by atoms with van der Waals surface area (Å²) in [7, 11) is 0. The Kier molecular flexibility index (Phi) is 4.16. The van der Waals surface area contributed by atoms with Crippen molar-refractivity contribution in [3.63, 3.8) is 0 Å². The van der Waals surface area contributed by atoms with Crippen LogP contribution in [0, 0.1) is 6.92 Å². The van der Waals surface area contributed by atoms with Crippen molar-refractivity contribution in [2.24, 2.45) is 0 Å². The van der Waals surface area contributed by atoms with E-state index in [1.54, 1.807) is 0 Å². The van der Waals surface area contributed by atoms with Crippen molar-refractivity contribution in [2.45, 2.75) is 26.7 Å². The zero-order valence-electron chi connectivity index (χ0n) is 8.05. The van der Waals surface area contributed by atoms with Crippen molar-refractivity contribution in [1.29, 1.82) is 0 Å². The van der Waals surface area contributed by atoms with Gasteiger partial charge in [-0.15, -0.1) is 0 Å². The number of unbranched alkanes of at least 4 members (excludes halogenated alkanes) is 1.